The Bertz CT molecular complexity index is 539. The van der Waals surface area contributed by atoms with Crippen molar-refractivity contribution in [3.05, 3.63) is 30.3 Å². The summed E-state index contributed by atoms with van der Waals surface area (Å²) in [5.41, 5.74) is 0.615. The van der Waals surface area contributed by atoms with E-state index in [0.717, 1.165) is 12.8 Å². The summed E-state index contributed by atoms with van der Waals surface area (Å²) in [5, 5.41) is 2.70. The minimum absolute atomic E-state index is 0.0421. The molecule has 0 aromatic heterocycles. The number of amides is 1. The molecule has 1 N–H and O–H groups in total. The highest BCUT2D eigenvalue weighted by Crippen LogP contribution is 2.15. The van der Waals surface area contributed by atoms with Crippen LogP contribution in [-0.4, -0.2) is 33.7 Å². The second-order valence-electron chi connectivity index (χ2n) is 4.92. The van der Waals surface area contributed by atoms with Crippen molar-refractivity contribution in [3.8, 4) is 0 Å². The van der Waals surface area contributed by atoms with Gasteiger partial charge in [-0.3, -0.25) is 9.10 Å². The molecule has 0 bridgehead atoms. The molecular formula is C15H24N2O3S. The van der Waals surface area contributed by atoms with Gasteiger partial charge in [0, 0.05) is 19.5 Å². The quantitative estimate of drug-likeness (QED) is 0.798. The van der Waals surface area contributed by atoms with Gasteiger partial charge in [0.05, 0.1) is 11.4 Å². The average Bonchev–Trinajstić information content (AvgIpc) is 2.48. The summed E-state index contributed by atoms with van der Waals surface area (Å²) < 4.78 is 25.6. The molecule has 0 aliphatic rings. The molecule has 0 unspecified atom stereocenters. The molecule has 0 saturated carbocycles. The second kappa shape index (κ2) is 8.02. The standard InChI is InChI=1S/C15H24N2O3S/c1-4-13(5-2)15(18)16-11-12-21(19,20)17(3)14-9-7-6-8-10-14/h6-10,13H,4-5,11-12H2,1-3H3,(H,16,18). The molecule has 0 aliphatic carbocycles. The maximum Gasteiger partial charge on any atom is 0.236 e. The van der Waals surface area contributed by atoms with E-state index in [1.54, 1.807) is 24.3 Å². The van der Waals surface area contributed by atoms with Crippen LogP contribution in [0.4, 0.5) is 5.69 Å². The fourth-order valence-corrected chi connectivity index (χ4v) is 3.12. The highest BCUT2D eigenvalue weighted by atomic mass is 32.2. The Labute approximate surface area is 127 Å². The summed E-state index contributed by atoms with van der Waals surface area (Å²) in [6.45, 7) is 4.04. The number of hydrogen-bond donors (Lipinski definition) is 1. The van der Waals surface area contributed by atoms with E-state index in [2.05, 4.69) is 5.32 Å². The molecule has 6 heteroatoms. The fourth-order valence-electron chi connectivity index (χ4n) is 2.04. The Kier molecular flexibility index (Phi) is 6.68. The van der Waals surface area contributed by atoms with E-state index in [1.165, 1.54) is 11.4 Å². The third-order valence-corrected chi connectivity index (χ3v) is 5.32. The summed E-state index contributed by atoms with van der Waals surface area (Å²) in [4.78, 5) is 11.8. The lowest BCUT2D eigenvalue weighted by Crippen LogP contribution is -2.37. The number of rotatable bonds is 8. The van der Waals surface area contributed by atoms with Gasteiger partial charge in [0.25, 0.3) is 0 Å². The lowest BCUT2D eigenvalue weighted by Gasteiger charge is -2.20. The van der Waals surface area contributed by atoms with Gasteiger partial charge >= 0.3 is 0 Å². The van der Waals surface area contributed by atoms with Crippen molar-refractivity contribution < 1.29 is 13.2 Å². The lowest BCUT2D eigenvalue weighted by atomic mass is 10.0. The first-order chi connectivity index (χ1) is 9.92. The largest absolute Gasteiger partial charge is 0.355 e. The number of hydrogen-bond acceptors (Lipinski definition) is 3. The average molecular weight is 312 g/mol. The van der Waals surface area contributed by atoms with E-state index in [0.29, 0.717) is 5.69 Å². The molecule has 0 radical (unpaired) electrons. The van der Waals surface area contributed by atoms with E-state index in [4.69, 9.17) is 0 Å². The van der Waals surface area contributed by atoms with Crippen molar-refractivity contribution in [2.75, 3.05) is 23.7 Å². The Morgan fingerprint density at radius 3 is 2.29 bits per heavy atom. The molecule has 0 heterocycles. The van der Waals surface area contributed by atoms with E-state index < -0.39 is 10.0 Å². The van der Waals surface area contributed by atoms with Gasteiger partial charge in [0.2, 0.25) is 15.9 Å². The van der Waals surface area contributed by atoms with Crippen LogP contribution in [0.3, 0.4) is 0 Å². The maximum atomic E-state index is 12.2. The monoisotopic (exact) mass is 312 g/mol. The molecule has 0 spiro atoms. The normalized spacial score (nSPS) is 11.4. The second-order valence-corrected chi connectivity index (χ2v) is 7.04. The van der Waals surface area contributed by atoms with Gasteiger partial charge in [-0.05, 0) is 25.0 Å². The number of anilines is 1. The Hall–Kier alpha value is -1.56. The third kappa shape index (κ3) is 5.04. The highest BCUT2D eigenvalue weighted by Gasteiger charge is 2.19. The zero-order chi connectivity index (χ0) is 15.9. The van der Waals surface area contributed by atoms with E-state index >= 15 is 0 Å². The summed E-state index contributed by atoms with van der Waals surface area (Å²) >= 11 is 0. The Morgan fingerprint density at radius 2 is 1.76 bits per heavy atom. The molecule has 21 heavy (non-hydrogen) atoms. The van der Waals surface area contributed by atoms with Crippen LogP contribution in [0.2, 0.25) is 0 Å². The SMILES string of the molecule is CCC(CC)C(=O)NCCS(=O)(=O)N(C)c1ccccc1. The summed E-state index contributed by atoms with van der Waals surface area (Å²) in [6, 6.07) is 8.88. The van der Waals surface area contributed by atoms with E-state index in [-0.39, 0.29) is 24.1 Å². The molecule has 5 nitrogen and oxygen atoms in total. The van der Waals surface area contributed by atoms with Gasteiger partial charge in [0.1, 0.15) is 0 Å². The minimum Gasteiger partial charge on any atom is -0.355 e. The first-order valence-corrected chi connectivity index (χ1v) is 8.82. The minimum atomic E-state index is -3.43. The number of nitrogens with one attached hydrogen (secondary N) is 1. The van der Waals surface area contributed by atoms with Crippen LogP contribution in [0.25, 0.3) is 0 Å². The molecule has 1 aromatic carbocycles. The highest BCUT2D eigenvalue weighted by molar-refractivity contribution is 7.92. The molecule has 0 aliphatic heterocycles. The van der Waals surface area contributed by atoms with Gasteiger partial charge in [-0.25, -0.2) is 8.42 Å². The molecule has 1 amide bonds. The van der Waals surface area contributed by atoms with Crippen LogP contribution in [0.1, 0.15) is 26.7 Å². The number of carbonyl (C=O) groups excluding carboxylic acids is 1. The van der Waals surface area contributed by atoms with Crippen LogP contribution in [0.15, 0.2) is 30.3 Å². The molecule has 1 rings (SSSR count). The van der Waals surface area contributed by atoms with Gasteiger partial charge in [-0.15, -0.1) is 0 Å². The van der Waals surface area contributed by atoms with Crippen molar-refractivity contribution in [1.29, 1.82) is 0 Å². The fraction of sp³-hybridized carbons (Fsp3) is 0.533. The zero-order valence-electron chi connectivity index (χ0n) is 12.9. The number of carbonyl (C=O) groups is 1. The first kappa shape index (κ1) is 17.5. The topological polar surface area (TPSA) is 66.5 Å². The number of benzene rings is 1. The Morgan fingerprint density at radius 1 is 1.19 bits per heavy atom. The molecule has 0 atom stereocenters. The van der Waals surface area contributed by atoms with Crippen molar-refractivity contribution in [1.82, 2.24) is 5.32 Å². The smallest absolute Gasteiger partial charge is 0.236 e. The molecule has 0 saturated heterocycles. The van der Waals surface area contributed by atoms with Crippen molar-refractivity contribution in [2.45, 2.75) is 26.7 Å². The third-order valence-electron chi connectivity index (χ3n) is 3.55. The van der Waals surface area contributed by atoms with Crippen LogP contribution in [0, 0.1) is 5.92 Å². The van der Waals surface area contributed by atoms with E-state index in [9.17, 15) is 13.2 Å². The van der Waals surface area contributed by atoms with Gasteiger partial charge in [0.15, 0.2) is 0 Å². The van der Waals surface area contributed by atoms with Crippen molar-refractivity contribution in [2.24, 2.45) is 5.92 Å². The van der Waals surface area contributed by atoms with Crippen molar-refractivity contribution in [3.63, 3.8) is 0 Å². The van der Waals surface area contributed by atoms with Crippen molar-refractivity contribution >= 4 is 21.6 Å². The van der Waals surface area contributed by atoms with Crippen LogP contribution in [0.5, 0.6) is 0 Å². The van der Waals surface area contributed by atoms with Crippen LogP contribution >= 0.6 is 0 Å². The predicted molar refractivity (Wildman–Crippen MR) is 85.7 cm³/mol. The van der Waals surface area contributed by atoms with Crippen LogP contribution < -0.4 is 9.62 Å². The molecule has 0 fully saturated rings. The van der Waals surface area contributed by atoms with Crippen LogP contribution in [-0.2, 0) is 14.8 Å². The molecule has 118 valence electrons. The number of nitrogens with zero attached hydrogens (tertiary/aromatic N) is 1. The summed E-state index contributed by atoms with van der Waals surface area (Å²) in [5.74, 6) is -0.221. The molecular weight excluding hydrogens is 288 g/mol. The maximum absolute atomic E-state index is 12.2. The molecule has 1 aromatic rings. The first-order valence-electron chi connectivity index (χ1n) is 7.21. The van der Waals surface area contributed by atoms with Gasteiger partial charge in [-0.1, -0.05) is 32.0 Å². The summed E-state index contributed by atoms with van der Waals surface area (Å²) in [6.07, 6.45) is 1.53. The summed E-state index contributed by atoms with van der Waals surface area (Å²) in [7, 11) is -1.91. The van der Waals surface area contributed by atoms with Gasteiger partial charge in [-0.2, -0.15) is 0 Å². The Balaban J connectivity index is 2.56. The predicted octanol–water partition coefficient (Wildman–Crippen LogP) is 2.00. The van der Waals surface area contributed by atoms with Gasteiger partial charge < -0.3 is 5.32 Å². The number of sulfonamides is 1. The zero-order valence-corrected chi connectivity index (χ0v) is 13.7. The lowest BCUT2D eigenvalue weighted by molar-refractivity contribution is -0.125. The number of para-hydroxylation sites is 1. The van der Waals surface area contributed by atoms with E-state index in [1.807, 2.05) is 19.9 Å².